The fourth-order valence-electron chi connectivity index (χ4n) is 1.26. The standard InChI is InChI=1S/C12H15FN2O3/c1-4-12(2,3)14-11(16)8-5-6-9(13)10(7-8)15(17)18/h5-7H,4H2,1-3H3,(H,14,16). The number of hydrogen-bond donors (Lipinski definition) is 1. The Morgan fingerprint density at radius 3 is 2.61 bits per heavy atom. The summed E-state index contributed by atoms with van der Waals surface area (Å²) in [5.41, 5.74) is -1.04. The van der Waals surface area contributed by atoms with Crippen LogP contribution in [0.5, 0.6) is 0 Å². The molecule has 0 aliphatic rings. The maximum absolute atomic E-state index is 13.1. The van der Waals surface area contributed by atoms with Crippen molar-refractivity contribution in [3.8, 4) is 0 Å². The largest absolute Gasteiger partial charge is 0.347 e. The molecule has 0 saturated heterocycles. The molecule has 0 aliphatic heterocycles. The Labute approximate surface area is 104 Å². The van der Waals surface area contributed by atoms with Crippen molar-refractivity contribution in [3.05, 3.63) is 39.7 Å². The molecule has 6 heteroatoms. The van der Waals surface area contributed by atoms with Crippen LogP contribution < -0.4 is 5.32 Å². The molecular weight excluding hydrogens is 239 g/mol. The lowest BCUT2D eigenvalue weighted by Crippen LogP contribution is -2.42. The van der Waals surface area contributed by atoms with Gasteiger partial charge in [0.05, 0.1) is 4.92 Å². The van der Waals surface area contributed by atoms with E-state index in [9.17, 15) is 19.3 Å². The van der Waals surface area contributed by atoms with Gasteiger partial charge in [-0.1, -0.05) is 6.92 Å². The summed E-state index contributed by atoms with van der Waals surface area (Å²) in [6, 6.07) is 3.09. The van der Waals surface area contributed by atoms with Crippen molar-refractivity contribution in [3.63, 3.8) is 0 Å². The summed E-state index contributed by atoms with van der Waals surface area (Å²) >= 11 is 0. The van der Waals surface area contributed by atoms with Crippen LogP contribution in [-0.2, 0) is 0 Å². The van der Waals surface area contributed by atoms with Gasteiger partial charge in [0, 0.05) is 17.2 Å². The molecule has 0 bridgehead atoms. The van der Waals surface area contributed by atoms with Gasteiger partial charge in [-0.2, -0.15) is 4.39 Å². The van der Waals surface area contributed by atoms with Gasteiger partial charge in [0.1, 0.15) is 0 Å². The number of carbonyl (C=O) groups is 1. The first-order valence-electron chi connectivity index (χ1n) is 5.53. The lowest BCUT2D eigenvalue weighted by molar-refractivity contribution is -0.387. The number of amides is 1. The summed E-state index contributed by atoms with van der Waals surface area (Å²) in [6.45, 7) is 5.58. The smallest absolute Gasteiger partial charge is 0.305 e. The Bertz CT molecular complexity index is 486. The van der Waals surface area contributed by atoms with Crippen LogP contribution in [0.3, 0.4) is 0 Å². The van der Waals surface area contributed by atoms with Crippen molar-refractivity contribution < 1.29 is 14.1 Å². The minimum absolute atomic E-state index is 0.0737. The third-order valence-corrected chi connectivity index (χ3v) is 2.74. The lowest BCUT2D eigenvalue weighted by Gasteiger charge is -2.24. The number of rotatable bonds is 4. The van der Waals surface area contributed by atoms with Crippen LogP contribution in [0.1, 0.15) is 37.6 Å². The van der Waals surface area contributed by atoms with Crippen molar-refractivity contribution in [1.82, 2.24) is 5.32 Å². The highest BCUT2D eigenvalue weighted by molar-refractivity contribution is 5.95. The van der Waals surface area contributed by atoms with Crippen LogP contribution in [0, 0.1) is 15.9 Å². The van der Waals surface area contributed by atoms with E-state index < -0.39 is 27.9 Å². The molecule has 0 radical (unpaired) electrons. The van der Waals surface area contributed by atoms with Crippen LogP contribution in [0.4, 0.5) is 10.1 Å². The fourth-order valence-corrected chi connectivity index (χ4v) is 1.26. The van der Waals surface area contributed by atoms with Gasteiger partial charge in [-0.05, 0) is 32.4 Å². The van der Waals surface area contributed by atoms with Crippen LogP contribution in [0.25, 0.3) is 0 Å². The molecule has 0 saturated carbocycles. The molecule has 1 amide bonds. The Kier molecular flexibility index (Phi) is 4.00. The van der Waals surface area contributed by atoms with E-state index in [2.05, 4.69) is 5.32 Å². The maximum atomic E-state index is 13.1. The monoisotopic (exact) mass is 254 g/mol. The molecular formula is C12H15FN2O3. The van der Waals surface area contributed by atoms with Crippen LogP contribution in [0.2, 0.25) is 0 Å². The summed E-state index contributed by atoms with van der Waals surface area (Å²) in [5, 5.41) is 13.3. The number of nitro groups is 1. The molecule has 98 valence electrons. The van der Waals surface area contributed by atoms with Crippen molar-refractivity contribution in [2.45, 2.75) is 32.7 Å². The van der Waals surface area contributed by atoms with E-state index in [1.54, 1.807) is 0 Å². The first-order valence-corrected chi connectivity index (χ1v) is 5.53. The lowest BCUT2D eigenvalue weighted by atomic mass is 10.0. The molecule has 18 heavy (non-hydrogen) atoms. The number of nitro benzene ring substituents is 1. The average molecular weight is 254 g/mol. The summed E-state index contributed by atoms with van der Waals surface area (Å²) in [7, 11) is 0. The summed E-state index contributed by atoms with van der Waals surface area (Å²) in [6.07, 6.45) is 0.710. The van der Waals surface area contributed by atoms with Gasteiger partial charge in [-0.25, -0.2) is 0 Å². The second kappa shape index (κ2) is 5.12. The zero-order chi connectivity index (χ0) is 13.9. The molecule has 1 aromatic carbocycles. The number of halogens is 1. The summed E-state index contributed by atoms with van der Waals surface area (Å²) in [4.78, 5) is 21.6. The second-order valence-corrected chi connectivity index (χ2v) is 4.61. The van der Waals surface area contributed by atoms with Gasteiger partial charge >= 0.3 is 5.69 Å². The molecule has 1 rings (SSSR count). The quantitative estimate of drug-likeness (QED) is 0.663. The zero-order valence-electron chi connectivity index (χ0n) is 10.5. The van der Waals surface area contributed by atoms with Crippen LogP contribution >= 0.6 is 0 Å². The highest BCUT2D eigenvalue weighted by Gasteiger charge is 2.22. The van der Waals surface area contributed by atoms with E-state index in [0.717, 1.165) is 12.1 Å². The predicted molar refractivity (Wildman–Crippen MR) is 64.9 cm³/mol. The molecule has 5 nitrogen and oxygen atoms in total. The van der Waals surface area contributed by atoms with Gasteiger partial charge in [-0.3, -0.25) is 14.9 Å². The Morgan fingerprint density at radius 1 is 1.50 bits per heavy atom. The third-order valence-electron chi connectivity index (χ3n) is 2.74. The summed E-state index contributed by atoms with van der Waals surface area (Å²) < 4.78 is 13.1. The second-order valence-electron chi connectivity index (χ2n) is 4.61. The Morgan fingerprint density at radius 2 is 2.11 bits per heavy atom. The first-order chi connectivity index (χ1) is 8.26. The van der Waals surface area contributed by atoms with Gasteiger partial charge < -0.3 is 5.32 Å². The van der Waals surface area contributed by atoms with E-state index in [-0.39, 0.29) is 5.56 Å². The molecule has 0 unspecified atom stereocenters. The predicted octanol–water partition coefficient (Wildman–Crippen LogP) is 2.65. The maximum Gasteiger partial charge on any atom is 0.305 e. The molecule has 0 fully saturated rings. The van der Waals surface area contributed by atoms with Crippen molar-refractivity contribution in [2.75, 3.05) is 0 Å². The van der Waals surface area contributed by atoms with Gasteiger partial charge in [0.2, 0.25) is 5.82 Å². The van der Waals surface area contributed by atoms with Gasteiger partial charge in [0.15, 0.2) is 0 Å². The number of benzene rings is 1. The van der Waals surface area contributed by atoms with E-state index >= 15 is 0 Å². The number of hydrogen-bond acceptors (Lipinski definition) is 3. The van der Waals surface area contributed by atoms with E-state index in [1.807, 2.05) is 20.8 Å². The van der Waals surface area contributed by atoms with Gasteiger partial charge in [0.25, 0.3) is 5.91 Å². The highest BCUT2D eigenvalue weighted by Crippen LogP contribution is 2.19. The van der Waals surface area contributed by atoms with E-state index in [1.165, 1.54) is 6.07 Å². The van der Waals surface area contributed by atoms with E-state index in [4.69, 9.17) is 0 Å². The molecule has 0 spiro atoms. The molecule has 1 N–H and O–H groups in total. The molecule has 0 aromatic heterocycles. The molecule has 0 heterocycles. The number of carbonyl (C=O) groups excluding carboxylic acids is 1. The minimum Gasteiger partial charge on any atom is -0.347 e. The van der Waals surface area contributed by atoms with Crippen LogP contribution in [-0.4, -0.2) is 16.4 Å². The highest BCUT2D eigenvalue weighted by atomic mass is 19.1. The third kappa shape index (κ3) is 3.26. The van der Waals surface area contributed by atoms with Gasteiger partial charge in [-0.15, -0.1) is 0 Å². The Balaban J connectivity index is 3.01. The molecule has 0 atom stereocenters. The summed E-state index contributed by atoms with van der Waals surface area (Å²) in [5.74, 6) is -1.41. The zero-order valence-corrected chi connectivity index (χ0v) is 10.5. The van der Waals surface area contributed by atoms with E-state index in [0.29, 0.717) is 6.42 Å². The SMILES string of the molecule is CCC(C)(C)NC(=O)c1ccc(F)c([N+](=O)[O-])c1. The average Bonchev–Trinajstić information content (AvgIpc) is 2.28. The van der Waals surface area contributed by atoms with Crippen molar-refractivity contribution in [1.29, 1.82) is 0 Å². The minimum atomic E-state index is -0.952. The van der Waals surface area contributed by atoms with Crippen molar-refractivity contribution in [2.24, 2.45) is 0 Å². The fraction of sp³-hybridized carbons (Fsp3) is 0.417. The Hall–Kier alpha value is -1.98. The first kappa shape index (κ1) is 14.1. The van der Waals surface area contributed by atoms with Crippen molar-refractivity contribution >= 4 is 11.6 Å². The molecule has 1 aromatic rings. The van der Waals surface area contributed by atoms with Crippen LogP contribution in [0.15, 0.2) is 18.2 Å². The normalized spacial score (nSPS) is 11.1. The topological polar surface area (TPSA) is 72.2 Å². The number of nitrogens with one attached hydrogen (secondary N) is 1. The molecule has 0 aliphatic carbocycles. The number of nitrogens with zero attached hydrogens (tertiary/aromatic N) is 1.